The topological polar surface area (TPSA) is 62.8 Å². The van der Waals surface area contributed by atoms with Crippen molar-refractivity contribution in [2.75, 3.05) is 94.1 Å². The normalized spacial score (nSPS) is 16.1. The fourth-order valence-corrected chi connectivity index (χ4v) is 13.5. The van der Waals surface area contributed by atoms with Gasteiger partial charge in [0.25, 0.3) is 13.4 Å². The van der Waals surface area contributed by atoms with Crippen molar-refractivity contribution in [3.05, 3.63) is 170 Å². The van der Waals surface area contributed by atoms with Crippen LogP contribution in [0.2, 0.25) is 0 Å². The maximum Gasteiger partial charge on any atom is 0.261 e. The van der Waals surface area contributed by atoms with Crippen LogP contribution in [0.4, 0.5) is 68.2 Å². The first kappa shape index (κ1) is 42.1. The Bertz CT molecular complexity index is 3530. The number of benzene rings is 9. The number of hydrogen-bond acceptors (Lipinski definition) is 12. The average Bonchev–Trinajstić information content (AvgIpc) is 4.34. The second kappa shape index (κ2) is 15.2. The second-order valence-electron chi connectivity index (χ2n) is 21.3. The summed E-state index contributed by atoms with van der Waals surface area (Å²) >= 11 is 0. The molecule has 0 aliphatic carbocycles. The molecule has 8 heterocycles. The number of hydrogen-bond donors (Lipinski definition) is 0. The summed E-state index contributed by atoms with van der Waals surface area (Å²) in [5.74, 6) is 5.74. The molecular formula is C62H48B2N8O4. The third-order valence-electron chi connectivity index (χ3n) is 17.0. The molecule has 0 aromatic heterocycles. The summed E-state index contributed by atoms with van der Waals surface area (Å²) in [6.45, 7) is 2.29. The third kappa shape index (κ3) is 5.70. The molecule has 8 aliphatic rings. The number of rotatable bonds is 4. The average molecular weight is 991 g/mol. The molecule has 76 heavy (non-hydrogen) atoms. The van der Waals surface area contributed by atoms with Crippen LogP contribution in [0.1, 0.15) is 0 Å². The first-order valence-corrected chi connectivity index (χ1v) is 26.1. The minimum atomic E-state index is -0.303. The Labute approximate surface area is 441 Å². The molecule has 8 aliphatic heterocycles. The SMILES string of the molecule is CN1CN(c2ccc3c(c2)B2c4cc(N5CN(C)c6ccccc65)ccc4Oc4c5c6c(c(c42)O3)Oc2ccc(N3CN(C)c4ccccc43)cc2B6c2cc(N3CN(C)c4ccccc43)ccc2O5)c2ccccc21. The minimum Gasteiger partial charge on any atom is -0.454 e. The van der Waals surface area contributed by atoms with E-state index in [2.05, 4.69) is 237 Å². The number of para-hydroxylation sites is 8. The molecule has 14 heteroatoms. The van der Waals surface area contributed by atoms with E-state index in [0.29, 0.717) is 23.0 Å². The predicted molar refractivity (Wildman–Crippen MR) is 309 cm³/mol. The van der Waals surface area contributed by atoms with Gasteiger partial charge in [-0.3, -0.25) is 0 Å². The van der Waals surface area contributed by atoms with Crippen molar-refractivity contribution in [3.63, 3.8) is 0 Å². The first-order chi connectivity index (χ1) is 37.3. The van der Waals surface area contributed by atoms with Crippen molar-refractivity contribution in [2.45, 2.75) is 0 Å². The molecule has 9 aromatic carbocycles. The number of ether oxygens (including phenoxy) is 4. The van der Waals surface area contributed by atoms with Crippen LogP contribution in [0, 0.1) is 0 Å². The summed E-state index contributed by atoms with van der Waals surface area (Å²) < 4.78 is 29.6. The van der Waals surface area contributed by atoms with Crippen LogP contribution in [0.3, 0.4) is 0 Å². The van der Waals surface area contributed by atoms with Gasteiger partial charge >= 0.3 is 0 Å². The van der Waals surface area contributed by atoms with E-state index in [1.165, 1.54) is 45.5 Å². The van der Waals surface area contributed by atoms with Crippen LogP contribution in [-0.2, 0) is 0 Å². The maximum atomic E-state index is 7.39. The Morgan fingerprint density at radius 3 is 0.750 bits per heavy atom. The smallest absolute Gasteiger partial charge is 0.261 e. The highest BCUT2D eigenvalue weighted by Gasteiger charge is 2.51. The van der Waals surface area contributed by atoms with Crippen molar-refractivity contribution in [2.24, 2.45) is 0 Å². The van der Waals surface area contributed by atoms with Crippen molar-refractivity contribution >= 4 is 114 Å². The molecule has 0 unspecified atom stereocenters. The molecule has 17 rings (SSSR count). The lowest BCUT2D eigenvalue weighted by atomic mass is 9.32. The number of fused-ring (bicyclic) bond motifs is 14. The van der Waals surface area contributed by atoms with E-state index in [0.717, 1.165) is 105 Å². The number of anilines is 12. The van der Waals surface area contributed by atoms with Crippen molar-refractivity contribution in [1.82, 2.24) is 0 Å². The van der Waals surface area contributed by atoms with Gasteiger partial charge in [0.2, 0.25) is 0 Å². The molecule has 0 saturated carbocycles. The highest BCUT2D eigenvalue weighted by Crippen LogP contribution is 2.52. The Kier molecular flexibility index (Phi) is 8.40. The third-order valence-corrected chi connectivity index (χ3v) is 17.0. The van der Waals surface area contributed by atoms with Gasteiger partial charge in [-0.1, -0.05) is 48.5 Å². The van der Waals surface area contributed by atoms with E-state index >= 15 is 0 Å². The minimum absolute atomic E-state index is 0.303. The van der Waals surface area contributed by atoms with E-state index in [9.17, 15) is 0 Å². The highest BCUT2D eigenvalue weighted by atomic mass is 16.5. The Balaban J connectivity index is 0.879. The van der Waals surface area contributed by atoms with Gasteiger partial charge in [-0.25, -0.2) is 0 Å². The van der Waals surface area contributed by atoms with Gasteiger partial charge in [0.05, 0.1) is 72.2 Å². The van der Waals surface area contributed by atoms with E-state index in [1.54, 1.807) is 0 Å². The second-order valence-corrected chi connectivity index (χ2v) is 21.3. The summed E-state index contributed by atoms with van der Waals surface area (Å²) in [6, 6.07) is 61.2. The van der Waals surface area contributed by atoms with Crippen molar-refractivity contribution < 1.29 is 18.9 Å². The van der Waals surface area contributed by atoms with Gasteiger partial charge in [0.15, 0.2) is 23.0 Å². The Morgan fingerprint density at radius 1 is 0.289 bits per heavy atom. The van der Waals surface area contributed by atoms with Gasteiger partial charge < -0.3 is 58.1 Å². The molecule has 0 spiro atoms. The standard InChI is InChI=1S/C62H48B2N8O4/c1-65-33-69(49-17-9-5-13-45(49)65)37-21-25-53-41(29-37)63-42-30-38(70-34-66(2)46-14-6-10-18-50(46)70)22-26-54(42)74-60-57(63)59(73-53)61-58-62(60)76-56-28-24-40(72-36-68(4)48-16-8-12-20-52(48)72)32-44(56)64(58)43-31-39(23-27-55(43)75-61)71-35-67(3)47-15-7-11-19-51(47)71/h5-32H,33-36H2,1-4H3. The summed E-state index contributed by atoms with van der Waals surface area (Å²) in [7, 11) is 8.62. The Hall–Kier alpha value is -9.29. The lowest BCUT2D eigenvalue weighted by Gasteiger charge is -2.40. The molecule has 0 radical (unpaired) electrons. The molecular weight excluding hydrogens is 942 g/mol. The Morgan fingerprint density at radius 2 is 0.513 bits per heavy atom. The fraction of sp³-hybridized carbons (Fsp3) is 0.129. The van der Waals surface area contributed by atoms with Crippen LogP contribution in [-0.4, -0.2) is 68.3 Å². The largest absolute Gasteiger partial charge is 0.454 e. The van der Waals surface area contributed by atoms with Gasteiger partial charge in [0.1, 0.15) is 23.0 Å². The van der Waals surface area contributed by atoms with Gasteiger partial charge in [0, 0.05) is 61.9 Å². The van der Waals surface area contributed by atoms with Crippen LogP contribution in [0.15, 0.2) is 170 Å². The zero-order chi connectivity index (χ0) is 50.2. The summed E-state index contributed by atoms with van der Waals surface area (Å²) in [5, 5.41) is 0. The molecule has 0 fully saturated rings. The highest BCUT2D eigenvalue weighted by molar-refractivity contribution is 7.00. The van der Waals surface area contributed by atoms with Crippen LogP contribution in [0.5, 0.6) is 46.0 Å². The fourth-order valence-electron chi connectivity index (χ4n) is 13.5. The molecule has 366 valence electrons. The van der Waals surface area contributed by atoms with Crippen LogP contribution < -0.4 is 90.9 Å². The van der Waals surface area contributed by atoms with Gasteiger partial charge in [-0.2, -0.15) is 0 Å². The van der Waals surface area contributed by atoms with E-state index in [-0.39, 0.29) is 13.4 Å². The van der Waals surface area contributed by atoms with Gasteiger partial charge in [-0.15, -0.1) is 0 Å². The molecule has 0 bridgehead atoms. The van der Waals surface area contributed by atoms with Crippen LogP contribution >= 0.6 is 0 Å². The number of nitrogens with zero attached hydrogens (tertiary/aromatic N) is 8. The summed E-state index contributed by atoms with van der Waals surface area (Å²) in [6.07, 6.45) is 0. The summed E-state index contributed by atoms with van der Waals surface area (Å²) in [5.41, 5.74) is 19.8. The van der Waals surface area contributed by atoms with E-state index < -0.39 is 0 Å². The zero-order valence-electron chi connectivity index (χ0n) is 42.4. The predicted octanol–water partition coefficient (Wildman–Crippen LogP) is 9.32. The summed E-state index contributed by atoms with van der Waals surface area (Å²) in [4.78, 5) is 18.8. The van der Waals surface area contributed by atoms with Crippen LogP contribution in [0.25, 0.3) is 0 Å². The van der Waals surface area contributed by atoms with Crippen molar-refractivity contribution in [1.29, 1.82) is 0 Å². The molecule has 0 atom stereocenters. The lowest BCUT2D eigenvalue weighted by Crippen LogP contribution is -2.61. The molecule has 0 amide bonds. The van der Waals surface area contributed by atoms with Gasteiger partial charge in [-0.05, 0) is 143 Å². The lowest BCUT2D eigenvalue weighted by molar-refractivity contribution is 0.396. The molecule has 0 N–H and O–H groups in total. The van der Waals surface area contributed by atoms with Crippen molar-refractivity contribution in [3.8, 4) is 46.0 Å². The van der Waals surface area contributed by atoms with E-state index in [1.807, 2.05) is 0 Å². The molecule has 12 nitrogen and oxygen atoms in total. The first-order valence-electron chi connectivity index (χ1n) is 26.1. The molecule has 9 aromatic rings. The zero-order valence-corrected chi connectivity index (χ0v) is 42.4. The quantitative estimate of drug-likeness (QED) is 0.158. The maximum absolute atomic E-state index is 7.39. The van der Waals surface area contributed by atoms with E-state index in [4.69, 9.17) is 18.9 Å². The molecule has 0 saturated heterocycles. The monoisotopic (exact) mass is 990 g/mol.